The van der Waals surface area contributed by atoms with Gasteiger partial charge >= 0.3 is 11.9 Å². The van der Waals surface area contributed by atoms with Crippen molar-refractivity contribution in [2.24, 2.45) is 0 Å². The van der Waals surface area contributed by atoms with Gasteiger partial charge in [0, 0.05) is 0 Å². The van der Waals surface area contributed by atoms with Crippen LogP contribution in [0, 0.1) is 0 Å². The minimum atomic E-state index is -0.566. The SMILES string of the molecule is CCNC(CC)OC(=O)CC(=O)OC(CC)NCC. The number of hydrogen-bond donors (Lipinski definition) is 2. The minimum Gasteiger partial charge on any atom is -0.446 e. The van der Waals surface area contributed by atoms with Crippen molar-refractivity contribution in [1.29, 1.82) is 0 Å². The average molecular weight is 274 g/mol. The van der Waals surface area contributed by atoms with E-state index in [-0.39, 0.29) is 18.9 Å². The molecule has 0 aromatic carbocycles. The quantitative estimate of drug-likeness (QED) is 0.353. The zero-order valence-corrected chi connectivity index (χ0v) is 12.3. The van der Waals surface area contributed by atoms with Crippen molar-refractivity contribution in [2.75, 3.05) is 13.1 Å². The van der Waals surface area contributed by atoms with Gasteiger partial charge in [0.05, 0.1) is 0 Å². The molecule has 0 aromatic heterocycles. The molecule has 19 heavy (non-hydrogen) atoms. The van der Waals surface area contributed by atoms with Crippen LogP contribution in [0.4, 0.5) is 0 Å². The Labute approximate surface area is 115 Å². The number of esters is 2. The van der Waals surface area contributed by atoms with E-state index >= 15 is 0 Å². The third kappa shape index (κ3) is 8.56. The van der Waals surface area contributed by atoms with Crippen molar-refractivity contribution in [3.8, 4) is 0 Å². The highest BCUT2D eigenvalue weighted by Crippen LogP contribution is 2.01. The molecule has 0 aromatic rings. The van der Waals surface area contributed by atoms with Gasteiger partial charge in [-0.15, -0.1) is 0 Å². The van der Waals surface area contributed by atoms with Crippen LogP contribution in [0.2, 0.25) is 0 Å². The van der Waals surface area contributed by atoms with Crippen molar-refractivity contribution in [2.45, 2.75) is 59.4 Å². The maximum Gasteiger partial charge on any atom is 0.318 e. The van der Waals surface area contributed by atoms with E-state index in [0.29, 0.717) is 25.9 Å². The summed E-state index contributed by atoms with van der Waals surface area (Å²) in [4.78, 5) is 23.1. The summed E-state index contributed by atoms with van der Waals surface area (Å²) in [5.74, 6) is -1.13. The second kappa shape index (κ2) is 10.8. The predicted molar refractivity (Wildman–Crippen MR) is 72.3 cm³/mol. The van der Waals surface area contributed by atoms with Gasteiger partial charge in [-0.05, 0) is 25.9 Å². The summed E-state index contributed by atoms with van der Waals surface area (Å²) in [6.07, 6.45) is 0.263. The molecule has 0 rings (SSSR count). The number of hydrogen-bond acceptors (Lipinski definition) is 6. The lowest BCUT2D eigenvalue weighted by atomic mass is 10.4. The Morgan fingerprint density at radius 2 is 1.21 bits per heavy atom. The largest absolute Gasteiger partial charge is 0.446 e. The second-order valence-corrected chi connectivity index (χ2v) is 4.07. The Kier molecular flexibility index (Phi) is 10.1. The van der Waals surface area contributed by atoms with Gasteiger partial charge in [-0.3, -0.25) is 20.2 Å². The second-order valence-electron chi connectivity index (χ2n) is 4.07. The fourth-order valence-corrected chi connectivity index (χ4v) is 1.51. The molecule has 0 aliphatic carbocycles. The lowest BCUT2D eigenvalue weighted by molar-refractivity contribution is -0.162. The molecule has 2 atom stereocenters. The van der Waals surface area contributed by atoms with E-state index in [4.69, 9.17) is 9.47 Å². The first-order valence-corrected chi connectivity index (χ1v) is 6.92. The van der Waals surface area contributed by atoms with Crippen LogP contribution in [0.25, 0.3) is 0 Å². The third-order valence-corrected chi connectivity index (χ3v) is 2.44. The van der Waals surface area contributed by atoms with Crippen molar-refractivity contribution >= 4 is 11.9 Å². The summed E-state index contributed by atoms with van der Waals surface area (Å²) in [6, 6.07) is 0. The normalized spacial score (nSPS) is 13.7. The van der Waals surface area contributed by atoms with Crippen molar-refractivity contribution in [1.82, 2.24) is 10.6 Å². The zero-order valence-electron chi connectivity index (χ0n) is 12.3. The van der Waals surface area contributed by atoms with Gasteiger partial charge < -0.3 is 9.47 Å². The van der Waals surface area contributed by atoms with E-state index in [1.807, 2.05) is 27.7 Å². The molecule has 112 valence electrons. The summed E-state index contributed by atoms with van der Waals surface area (Å²) in [5, 5.41) is 6.00. The van der Waals surface area contributed by atoms with Gasteiger partial charge in [0.1, 0.15) is 6.42 Å². The van der Waals surface area contributed by atoms with Gasteiger partial charge in [0.2, 0.25) is 0 Å². The summed E-state index contributed by atoms with van der Waals surface area (Å²) in [6.45, 7) is 9.05. The van der Waals surface area contributed by atoms with Crippen molar-refractivity contribution in [3.63, 3.8) is 0 Å². The first kappa shape index (κ1) is 17.9. The fourth-order valence-electron chi connectivity index (χ4n) is 1.51. The van der Waals surface area contributed by atoms with Crippen LogP contribution in [0.15, 0.2) is 0 Å². The molecule has 0 heterocycles. The maximum absolute atomic E-state index is 11.5. The first-order valence-electron chi connectivity index (χ1n) is 6.92. The van der Waals surface area contributed by atoms with Crippen molar-refractivity contribution in [3.05, 3.63) is 0 Å². The predicted octanol–water partition coefficient (Wildman–Crippen LogP) is 1.15. The zero-order chi connectivity index (χ0) is 14.7. The Morgan fingerprint density at radius 3 is 1.47 bits per heavy atom. The van der Waals surface area contributed by atoms with Crippen LogP contribution < -0.4 is 10.6 Å². The highest BCUT2D eigenvalue weighted by atomic mass is 16.6. The first-order chi connectivity index (χ1) is 9.07. The third-order valence-electron chi connectivity index (χ3n) is 2.44. The van der Waals surface area contributed by atoms with Crippen LogP contribution in [0.3, 0.4) is 0 Å². The molecule has 2 unspecified atom stereocenters. The van der Waals surface area contributed by atoms with Crippen LogP contribution in [0.1, 0.15) is 47.0 Å². The Hall–Kier alpha value is -1.14. The highest BCUT2D eigenvalue weighted by molar-refractivity contribution is 5.91. The fraction of sp³-hybridized carbons (Fsp3) is 0.846. The standard InChI is InChI=1S/C13H26N2O4/c1-5-10(14-7-3)18-12(16)9-13(17)19-11(6-2)15-8-4/h10-11,14-15H,5-9H2,1-4H3. The molecule has 0 aliphatic heterocycles. The van der Waals surface area contributed by atoms with Crippen molar-refractivity contribution < 1.29 is 19.1 Å². The number of nitrogens with one attached hydrogen (secondary N) is 2. The minimum absolute atomic E-state index is 0.346. The molecule has 0 radical (unpaired) electrons. The lowest BCUT2D eigenvalue weighted by Gasteiger charge is -2.18. The lowest BCUT2D eigenvalue weighted by Crippen LogP contribution is -2.36. The van der Waals surface area contributed by atoms with E-state index in [1.165, 1.54) is 0 Å². The Bertz CT molecular complexity index is 245. The maximum atomic E-state index is 11.5. The molecule has 0 bridgehead atoms. The molecule has 0 spiro atoms. The topological polar surface area (TPSA) is 76.7 Å². The summed E-state index contributed by atoms with van der Waals surface area (Å²) < 4.78 is 10.2. The highest BCUT2D eigenvalue weighted by Gasteiger charge is 2.18. The van der Waals surface area contributed by atoms with E-state index in [2.05, 4.69) is 10.6 Å². The molecule has 6 nitrogen and oxygen atoms in total. The van der Waals surface area contributed by atoms with Gasteiger partial charge in [0.15, 0.2) is 12.5 Å². The molecule has 2 N–H and O–H groups in total. The van der Waals surface area contributed by atoms with Crippen LogP contribution in [-0.2, 0) is 19.1 Å². The molecule has 0 aliphatic rings. The van der Waals surface area contributed by atoms with Gasteiger partial charge in [-0.25, -0.2) is 0 Å². The molecular formula is C13H26N2O4. The smallest absolute Gasteiger partial charge is 0.318 e. The summed E-state index contributed by atoms with van der Waals surface area (Å²) in [5.41, 5.74) is 0. The molecule has 0 saturated heterocycles. The van der Waals surface area contributed by atoms with E-state index in [1.54, 1.807) is 0 Å². The molecular weight excluding hydrogens is 248 g/mol. The van der Waals surface area contributed by atoms with Gasteiger partial charge in [0.25, 0.3) is 0 Å². The molecule has 0 amide bonds. The average Bonchev–Trinajstić information content (AvgIpc) is 2.37. The molecule has 0 saturated carbocycles. The molecule has 0 fully saturated rings. The number of carbonyl (C=O) groups is 2. The van der Waals surface area contributed by atoms with E-state index in [0.717, 1.165) is 0 Å². The van der Waals surface area contributed by atoms with Crippen LogP contribution in [0.5, 0.6) is 0 Å². The van der Waals surface area contributed by atoms with Crippen LogP contribution in [-0.4, -0.2) is 37.5 Å². The van der Waals surface area contributed by atoms with Gasteiger partial charge in [-0.1, -0.05) is 27.7 Å². The van der Waals surface area contributed by atoms with Crippen LogP contribution >= 0.6 is 0 Å². The number of ether oxygens (including phenoxy) is 2. The number of rotatable bonds is 10. The summed E-state index contributed by atoms with van der Waals surface area (Å²) >= 11 is 0. The van der Waals surface area contributed by atoms with E-state index < -0.39 is 11.9 Å². The molecule has 6 heteroatoms. The summed E-state index contributed by atoms with van der Waals surface area (Å²) in [7, 11) is 0. The number of carbonyl (C=O) groups excluding carboxylic acids is 2. The van der Waals surface area contributed by atoms with Gasteiger partial charge in [-0.2, -0.15) is 0 Å². The monoisotopic (exact) mass is 274 g/mol. The Morgan fingerprint density at radius 1 is 0.842 bits per heavy atom. The Balaban J connectivity index is 4.06. The van der Waals surface area contributed by atoms with E-state index in [9.17, 15) is 9.59 Å².